The topological polar surface area (TPSA) is 51.2 Å². The van der Waals surface area contributed by atoms with Gasteiger partial charge in [0.05, 0.1) is 13.0 Å². The molecular formula is C13H20N2O2. The van der Waals surface area contributed by atoms with Crippen molar-refractivity contribution in [2.75, 3.05) is 6.61 Å². The molecule has 0 aliphatic rings. The van der Waals surface area contributed by atoms with Crippen molar-refractivity contribution in [2.24, 2.45) is 0 Å². The minimum Gasteiger partial charge on any atom is -0.466 e. The van der Waals surface area contributed by atoms with Gasteiger partial charge in [-0.25, -0.2) is 0 Å². The highest BCUT2D eigenvalue weighted by molar-refractivity contribution is 5.69. The number of ether oxygens (including phenoxy) is 1. The van der Waals surface area contributed by atoms with Crippen molar-refractivity contribution in [3.8, 4) is 0 Å². The van der Waals surface area contributed by atoms with Crippen LogP contribution < -0.4 is 5.32 Å². The Kier molecular flexibility index (Phi) is 5.63. The molecule has 0 aromatic carbocycles. The minimum atomic E-state index is -0.158. The third-order valence-electron chi connectivity index (χ3n) is 2.41. The van der Waals surface area contributed by atoms with Crippen molar-refractivity contribution in [3.63, 3.8) is 0 Å². The number of nitrogens with one attached hydrogen (secondary N) is 1. The van der Waals surface area contributed by atoms with Crippen LogP contribution in [0.4, 0.5) is 0 Å². The fourth-order valence-electron chi connectivity index (χ4n) is 1.44. The van der Waals surface area contributed by atoms with Crippen LogP contribution in [-0.4, -0.2) is 23.6 Å². The first-order chi connectivity index (χ1) is 8.11. The second-order valence-corrected chi connectivity index (χ2v) is 4.10. The van der Waals surface area contributed by atoms with Gasteiger partial charge in [-0.1, -0.05) is 6.07 Å². The highest BCUT2D eigenvalue weighted by Gasteiger charge is 2.08. The molecule has 0 aliphatic heterocycles. The third-order valence-corrected chi connectivity index (χ3v) is 2.41. The van der Waals surface area contributed by atoms with Gasteiger partial charge in [0.15, 0.2) is 0 Å². The van der Waals surface area contributed by atoms with Crippen LogP contribution in [0.5, 0.6) is 0 Å². The summed E-state index contributed by atoms with van der Waals surface area (Å²) in [6.45, 7) is 6.90. The number of carbonyl (C=O) groups excluding carboxylic acids is 1. The Morgan fingerprint density at radius 2 is 2.29 bits per heavy atom. The van der Waals surface area contributed by atoms with Gasteiger partial charge >= 0.3 is 5.97 Å². The van der Waals surface area contributed by atoms with Crippen LogP contribution in [0.15, 0.2) is 18.3 Å². The van der Waals surface area contributed by atoms with Crippen molar-refractivity contribution in [1.82, 2.24) is 10.3 Å². The molecule has 1 rings (SSSR count). The van der Waals surface area contributed by atoms with Gasteiger partial charge in [-0.05, 0) is 32.4 Å². The van der Waals surface area contributed by atoms with E-state index in [0.29, 0.717) is 19.6 Å². The highest BCUT2D eigenvalue weighted by Crippen LogP contribution is 2.01. The standard InChI is InChI=1S/C13H20N2O2/c1-4-17-13(16)7-11(3)15-9-12-6-5-10(2)14-8-12/h5-6,8,11,15H,4,7,9H2,1-3H3. The number of hydrogen-bond acceptors (Lipinski definition) is 4. The van der Waals surface area contributed by atoms with Gasteiger partial charge in [0.2, 0.25) is 0 Å². The molecule has 0 bridgehead atoms. The number of nitrogens with zero attached hydrogens (tertiary/aromatic N) is 1. The van der Waals surface area contributed by atoms with Gasteiger partial charge in [0, 0.05) is 24.5 Å². The summed E-state index contributed by atoms with van der Waals surface area (Å²) >= 11 is 0. The zero-order chi connectivity index (χ0) is 12.7. The van der Waals surface area contributed by atoms with E-state index in [1.165, 1.54) is 0 Å². The number of rotatable bonds is 6. The lowest BCUT2D eigenvalue weighted by molar-refractivity contribution is -0.143. The Bertz CT molecular complexity index is 349. The summed E-state index contributed by atoms with van der Waals surface area (Å²) in [6.07, 6.45) is 2.24. The zero-order valence-electron chi connectivity index (χ0n) is 10.7. The average Bonchev–Trinajstić information content (AvgIpc) is 2.28. The molecule has 1 atom stereocenters. The smallest absolute Gasteiger partial charge is 0.307 e. The predicted molar refractivity (Wildman–Crippen MR) is 66.5 cm³/mol. The molecule has 1 N–H and O–H groups in total. The number of aromatic nitrogens is 1. The molecule has 0 saturated heterocycles. The zero-order valence-corrected chi connectivity index (χ0v) is 10.7. The first-order valence-corrected chi connectivity index (χ1v) is 5.92. The lowest BCUT2D eigenvalue weighted by Gasteiger charge is -2.12. The monoisotopic (exact) mass is 236 g/mol. The summed E-state index contributed by atoms with van der Waals surface area (Å²) in [5, 5.41) is 3.27. The van der Waals surface area contributed by atoms with Crippen LogP contribution in [-0.2, 0) is 16.1 Å². The summed E-state index contributed by atoms with van der Waals surface area (Å²) in [5.41, 5.74) is 2.12. The van der Waals surface area contributed by atoms with E-state index >= 15 is 0 Å². The van der Waals surface area contributed by atoms with Crippen molar-refractivity contribution in [1.29, 1.82) is 0 Å². The molecule has 17 heavy (non-hydrogen) atoms. The summed E-state index contributed by atoms with van der Waals surface area (Å²) in [4.78, 5) is 15.5. The summed E-state index contributed by atoms with van der Waals surface area (Å²) in [7, 11) is 0. The lowest BCUT2D eigenvalue weighted by Crippen LogP contribution is -2.28. The van der Waals surface area contributed by atoms with Crippen LogP contribution in [0.3, 0.4) is 0 Å². The fraction of sp³-hybridized carbons (Fsp3) is 0.538. The molecule has 94 valence electrons. The predicted octanol–water partition coefficient (Wildman–Crippen LogP) is 1.82. The Morgan fingerprint density at radius 1 is 1.53 bits per heavy atom. The average molecular weight is 236 g/mol. The molecule has 1 unspecified atom stereocenters. The van der Waals surface area contributed by atoms with Crippen LogP contribution in [0.25, 0.3) is 0 Å². The van der Waals surface area contributed by atoms with E-state index < -0.39 is 0 Å². The minimum absolute atomic E-state index is 0.107. The first-order valence-electron chi connectivity index (χ1n) is 5.92. The van der Waals surface area contributed by atoms with E-state index in [2.05, 4.69) is 10.3 Å². The second-order valence-electron chi connectivity index (χ2n) is 4.10. The number of pyridine rings is 1. The molecule has 1 aromatic rings. The Balaban J connectivity index is 2.30. The van der Waals surface area contributed by atoms with E-state index in [0.717, 1.165) is 11.3 Å². The Labute approximate surface area is 102 Å². The van der Waals surface area contributed by atoms with Gasteiger partial charge in [0.25, 0.3) is 0 Å². The van der Waals surface area contributed by atoms with Crippen molar-refractivity contribution in [2.45, 2.75) is 39.8 Å². The van der Waals surface area contributed by atoms with Gasteiger partial charge < -0.3 is 10.1 Å². The second kappa shape index (κ2) is 7.01. The Morgan fingerprint density at radius 3 is 2.88 bits per heavy atom. The molecule has 0 radical (unpaired) electrons. The largest absolute Gasteiger partial charge is 0.466 e. The van der Waals surface area contributed by atoms with Gasteiger partial charge in [0.1, 0.15) is 0 Å². The molecule has 1 heterocycles. The van der Waals surface area contributed by atoms with Crippen molar-refractivity contribution < 1.29 is 9.53 Å². The third kappa shape index (κ3) is 5.45. The highest BCUT2D eigenvalue weighted by atomic mass is 16.5. The van der Waals surface area contributed by atoms with Crippen LogP contribution in [0.2, 0.25) is 0 Å². The lowest BCUT2D eigenvalue weighted by atomic mass is 10.2. The molecule has 0 saturated carbocycles. The van der Waals surface area contributed by atoms with Crippen LogP contribution >= 0.6 is 0 Å². The maximum atomic E-state index is 11.2. The maximum Gasteiger partial charge on any atom is 0.307 e. The normalized spacial score (nSPS) is 12.2. The molecule has 0 amide bonds. The SMILES string of the molecule is CCOC(=O)CC(C)NCc1ccc(C)nc1. The number of esters is 1. The molecule has 0 spiro atoms. The molecule has 0 aliphatic carbocycles. The summed E-state index contributed by atoms with van der Waals surface area (Å²) in [5.74, 6) is -0.158. The molecule has 4 heteroatoms. The summed E-state index contributed by atoms with van der Waals surface area (Å²) in [6, 6.07) is 4.12. The number of hydrogen-bond donors (Lipinski definition) is 1. The maximum absolute atomic E-state index is 11.2. The van der Waals surface area contributed by atoms with Gasteiger partial charge in [-0.15, -0.1) is 0 Å². The van der Waals surface area contributed by atoms with E-state index in [9.17, 15) is 4.79 Å². The first kappa shape index (κ1) is 13.6. The quantitative estimate of drug-likeness (QED) is 0.765. The van der Waals surface area contributed by atoms with E-state index in [-0.39, 0.29) is 12.0 Å². The van der Waals surface area contributed by atoms with Crippen molar-refractivity contribution >= 4 is 5.97 Å². The van der Waals surface area contributed by atoms with E-state index in [1.54, 1.807) is 0 Å². The fourth-order valence-corrected chi connectivity index (χ4v) is 1.44. The van der Waals surface area contributed by atoms with E-state index in [4.69, 9.17) is 4.74 Å². The van der Waals surface area contributed by atoms with Gasteiger partial charge in [-0.2, -0.15) is 0 Å². The van der Waals surface area contributed by atoms with Crippen LogP contribution in [0, 0.1) is 6.92 Å². The molecular weight excluding hydrogens is 216 g/mol. The van der Waals surface area contributed by atoms with Gasteiger partial charge in [-0.3, -0.25) is 9.78 Å². The summed E-state index contributed by atoms with van der Waals surface area (Å²) < 4.78 is 4.89. The van der Waals surface area contributed by atoms with Crippen LogP contribution in [0.1, 0.15) is 31.5 Å². The number of carbonyl (C=O) groups is 1. The Hall–Kier alpha value is -1.42. The number of aryl methyl sites for hydroxylation is 1. The molecule has 4 nitrogen and oxygen atoms in total. The molecule has 0 fully saturated rings. The van der Waals surface area contributed by atoms with Crippen molar-refractivity contribution in [3.05, 3.63) is 29.6 Å². The molecule has 1 aromatic heterocycles. The van der Waals surface area contributed by atoms with E-state index in [1.807, 2.05) is 39.1 Å².